The van der Waals surface area contributed by atoms with Gasteiger partial charge in [-0.05, 0) is 19.4 Å². The summed E-state index contributed by atoms with van der Waals surface area (Å²) in [5.41, 5.74) is 0. The average Bonchev–Trinajstić information content (AvgIpc) is 2.71. The Labute approximate surface area is 115 Å². The van der Waals surface area contributed by atoms with Crippen LogP contribution in [0.1, 0.15) is 34.3 Å². The lowest BCUT2D eigenvalue weighted by molar-refractivity contribution is 0.0702. The molecule has 1 atom stereocenters. The highest BCUT2D eigenvalue weighted by molar-refractivity contribution is 7.89. The Hall–Kier alpha value is -1.43. The molecular weight excluding hydrogens is 288 g/mol. The molecule has 1 aromatic rings. The SMILES string of the molecule is CCC(CC#N)NS(=O)(=O)c1cc(C(=O)O)sc1C. The van der Waals surface area contributed by atoms with Crippen LogP contribution in [-0.4, -0.2) is 25.5 Å². The average molecular weight is 302 g/mol. The van der Waals surface area contributed by atoms with E-state index in [1.54, 1.807) is 13.8 Å². The molecule has 0 bridgehead atoms. The number of nitriles is 1. The maximum absolute atomic E-state index is 12.1. The quantitative estimate of drug-likeness (QED) is 0.832. The van der Waals surface area contributed by atoms with Crippen molar-refractivity contribution in [1.29, 1.82) is 5.26 Å². The zero-order valence-corrected chi connectivity index (χ0v) is 12.1. The lowest BCUT2D eigenvalue weighted by Gasteiger charge is -2.13. The fraction of sp³-hybridized carbons (Fsp3) is 0.455. The zero-order valence-electron chi connectivity index (χ0n) is 10.5. The molecule has 2 N–H and O–H groups in total. The molecule has 6 nitrogen and oxygen atoms in total. The van der Waals surface area contributed by atoms with Gasteiger partial charge in [-0.15, -0.1) is 11.3 Å². The monoisotopic (exact) mass is 302 g/mol. The lowest BCUT2D eigenvalue weighted by atomic mass is 10.2. The normalized spacial score (nSPS) is 12.9. The van der Waals surface area contributed by atoms with Crippen LogP contribution in [0.5, 0.6) is 0 Å². The third kappa shape index (κ3) is 3.76. The van der Waals surface area contributed by atoms with E-state index in [1.165, 1.54) is 0 Å². The van der Waals surface area contributed by atoms with Crippen LogP contribution in [0, 0.1) is 18.3 Å². The number of aromatic carboxylic acids is 1. The molecule has 0 fully saturated rings. The fourth-order valence-electron chi connectivity index (χ4n) is 1.50. The first-order chi connectivity index (χ1) is 8.81. The maximum atomic E-state index is 12.1. The summed E-state index contributed by atoms with van der Waals surface area (Å²) >= 11 is 0.914. The van der Waals surface area contributed by atoms with Crippen LogP contribution in [-0.2, 0) is 10.0 Å². The predicted octanol–water partition coefficient (Wildman–Crippen LogP) is 1.73. The van der Waals surface area contributed by atoms with E-state index in [-0.39, 0.29) is 16.2 Å². The number of nitrogens with zero attached hydrogens (tertiary/aromatic N) is 1. The van der Waals surface area contributed by atoms with Crippen LogP contribution < -0.4 is 4.72 Å². The van der Waals surface area contributed by atoms with E-state index < -0.39 is 22.0 Å². The second-order valence-electron chi connectivity index (χ2n) is 3.92. The highest BCUT2D eigenvalue weighted by Gasteiger charge is 2.24. The second kappa shape index (κ2) is 6.14. The predicted molar refractivity (Wildman–Crippen MR) is 70.6 cm³/mol. The molecule has 0 aromatic carbocycles. The molecule has 1 rings (SSSR count). The van der Waals surface area contributed by atoms with Crippen molar-refractivity contribution in [3.63, 3.8) is 0 Å². The highest BCUT2D eigenvalue weighted by atomic mass is 32.2. The van der Waals surface area contributed by atoms with Crippen LogP contribution in [0.2, 0.25) is 0 Å². The van der Waals surface area contributed by atoms with E-state index >= 15 is 0 Å². The van der Waals surface area contributed by atoms with E-state index in [0.717, 1.165) is 17.4 Å². The van der Waals surface area contributed by atoms with Crippen LogP contribution in [0.25, 0.3) is 0 Å². The van der Waals surface area contributed by atoms with Gasteiger partial charge < -0.3 is 5.11 Å². The third-order valence-electron chi connectivity index (χ3n) is 2.52. The van der Waals surface area contributed by atoms with Crippen molar-refractivity contribution in [3.05, 3.63) is 15.8 Å². The minimum absolute atomic E-state index is 0.0220. The largest absolute Gasteiger partial charge is 0.477 e. The summed E-state index contributed by atoms with van der Waals surface area (Å²) in [6, 6.07) is 2.59. The fourth-order valence-corrected chi connectivity index (χ4v) is 4.25. The molecular formula is C11H14N2O4S2. The summed E-state index contributed by atoms with van der Waals surface area (Å²) in [7, 11) is -3.79. The van der Waals surface area contributed by atoms with Gasteiger partial charge in [0.25, 0.3) is 0 Å². The molecule has 19 heavy (non-hydrogen) atoms. The molecule has 1 unspecified atom stereocenters. The Morgan fingerprint density at radius 2 is 2.26 bits per heavy atom. The number of carboxylic acid groups (broad SMARTS) is 1. The Morgan fingerprint density at radius 1 is 1.63 bits per heavy atom. The van der Waals surface area contributed by atoms with Crippen molar-refractivity contribution in [1.82, 2.24) is 4.72 Å². The molecule has 0 saturated carbocycles. The van der Waals surface area contributed by atoms with Gasteiger partial charge in [0.1, 0.15) is 4.88 Å². The van der Waals surface area contributed by atoms with Crippen molar-refractivity contribution in [2.45, 2.75) is 37.6 Å². The Balaban J connectivity index is 3.07. The van der Waals surface area contributed by atoms with Crippen molar-refractivity contribution in [3.8, 4) is 6.07 Å². The Kier molecular flexibility index (Phi) is 5.05. The number of carboxylic acids is 1. The molecule has 0 aliphatic rings. The van der Waals surface area contributed by atoms with Gasteiger partial charge in [0.15, 0.2) is 0 Å². The van der Waals surface area contributed by atoms with Crippen LogP contribution in [0.4, 0.5) is 0 Å². The molecule has 1 heterocycles. The van der Waals surface area contributed by atoms with E-state index in [2.05, 4.69) is 4.72 Å². The molecule has 8 heteroatoms. The topological polar surface area (TPSA) is 107 Å². The smallest absolute Gasteiger partial charge is 0.345 e. The molecule has 0 aliphatic carbocycles. The number of nitrogens with one attached hydrogen (secondary N) is 1. The molecule has 104 valence electrons. The van der Waals surface area contributed by atoms with Gasteiger partial charge in [-0.25, -0.2) is 17.9 Å². The zero-order chi connectivity index (χ0) is 14.6. The highest BCUT2D eigenvalue weighted by Crippen LogP contribution is 2.26. The molecule has 0 radical (unpaired) electrons. The number of sulfonamides is 1. The number of hydrogen-bond acceptors (Lipinski definition) is 5. The lowest BCUT2D eigenvalue weighted by Crippen LogP contribution is -2.34. The molecule has 0 amide bonds. The number of rotatable bonds is 6. The summed E-state index contributed by atoms with van der Waals surface area (Å²) in [6.07, 6.45) is 0.562. The molecule has 0 spiro atoms. The summed E-state index contributed by atoms with van der Waals surface area (Å²) in [5, 5.41) is 17.5. The minimum atomic E-state index is -3.79. The summed E-state index contributed by atoms with van der Waals surface area (Å²) in [5.74, 6) is -1.15. The van der Waals surface area contributed by atoms with Gasteiger partial charge in [0.05, 0.1) is 17.4 Å². The van der Waals surface area contributed by atoms with Gasteiger partial charge >= 0.3 is 5.97 Å². The summed E-state index contributed by atoms with van der Waals surface area (Å²) in [4.78, 5) is 11.2. The summed E-state index contributed by atoms with van der Waals surface area (Å²) < 4.78 is 26.7. The molecule has 1 aromatic heterocycles. The number of aryl methyl sites for hydroxylation is 1. The van der Waals surface area contributed by atoms with Gasteiger partial charge in [0, 0.05) is 10.9 Å². The van der Waals surface area contributed by atoms with E-state index in [1.807, 2.05) is 6.07 Å². The van der Waals surface area contributed by atoms with E-state index in [0.29, 0.717) is 11.3 Å². The number of thiophene rings is 1. The van der Waals surface area contributed by atoms with Gasteiger partial charge in [0.2, 0.25) is 10.0 Å². The van der Waals surface area contributed by atoms with Crippen molar-refractivity contribution < 1.29 is 18.3 Å². The standard InChI is InChI=1S/C11H14N2O4S2/c1-3-8(4-5-12)13-19(16,17)10-6-9(11(14)15)18-7(10)2/h6,8,13H,3-4H2,1-2H3,(H,14,15). The van der Waals surface area contributed by atoms with Crippen molar-refractivity contribution in [2.75, 3.05) is 0 Å². The number of hydrogen-bond donors (Lipinski definition) is 2. The van der Waals surface area contributed by atoms with Crippen LogP contribution in [0.3, 0.4) is 0 Å². The number of carbonyl (C=O) groups is 1. The molecule has 0 saturated heterocycles. The van der Waals surface area contributed by atoms with Crippen LogP contribution in [0.15, 0.2) is 11.0 Å². The third-order valence-corrected chi connectivity index (χ3v) is 5.34. The Morgan fingerprint density at radius 3 is 2.68 bits per heavy atom. The van der Waals surface area contributed by atoms with Crippen molar-refractivity contribution in [2.24, 2.45) is 0 Å². The van der Waals surface area contributed by atoms with Crippen molar-refractivity contribution >= 4 is 27.3 Å². The van der Waals surface area contributed by atoms with Crippen LogP contribution >= 0.6 is 11.3 Å². The molecule has 0 aliphatic heterocycles. The van der Waals surface area contributed by atoms with E-state index in [4.69, 9.17) is 10.4 Å². The first kappa shape index (κ1) is 15.6. The maximum Gasteiger partial charge on any atom is 0.345 e. The van der Waals surface area contributed by atoms with E-state index in [9.17, 15) is 13.2 Å². The first-order valence-corrected chi connectivity index (χ1v) is 7.84. The minimum Gasteiger partial charge on any atom is -0.477 e. The van der Waals surface area contributed by atoms with Gasteiger partial charge in [-0.3, -0.25) is 0 Å². The van der Waals surface area contributed by atoms with Gasteiger partial charge in [-0.2, -0.15) is 5.26 Å². The van der Waals surface area contributed by atoms with Gasteiger partial charge in [-0.1, -0.05) is 6.92 Å². The second-order valence-corrected chi connectivity index (χ2v) is 6.86. The first-order valence-electron chi connectivity index (χ1n) is 5.54. The Bertz CT molecular complexity index is 613. The summed E-state index contributed by atoms with van der Waals surface area (Å²) in [6.45, 7) is 3.32.